The molecule has 1 nitrogen and oxygen atoms in total. The number of phenolic OH excluding ortho intramolecular Hbond substituents is 1. The zero-order valence-electron chi connectivity index (χ0n) is 16.2. The van der Waals surface area contributed by atoms with Gasteiger partial charge in [-0.3, -0.25) is 0 Å². The Morgan fingerprint density at radius 1 is 0.840 bits per heavy atom. The molecule has 0 saturated carbocycles. The van der Waals surface area contributed by atoms with Crippen LogP contribution in [0.3, 0.4) is 0 Å². The first-order valence-electron chi connectivity index (χ1n) is 10.1. The fraction of sp³-hybridized carbons (Fsp3) is 0.500. The maximum Gasteiger partial charge on any atom is 0.123 e. The van der Waals surface area contributed by atoms with E-state index >= 15 is 0 Å². The van der Waals surface area contributed by atoms with E-state index in [1.165, 1.54) is 55.2 Å². The van der Waals surface area contributed by atoms with Crippen LogP contribution in [-0.2, 0) is 6.42 Å². The highest BCUT2D eigenvalue weighted by atomic mass is 16.3. The summed E-state index contributed by atoms with van der Waals surface area (Å²) >= 11 is 0. The molecule has 0 aromatic heterocycles. The van der Waals surface area contributed by atoms with Gasteiger partial charge in [0.25, 0.3) is 0 Å². The summed E-state index contributed by atoms with van der Waals surface area (Å²) in [6.45, 7) is 6.72. The van der Waals surface area contributed by atoms with Crippen molar-refractivity contribution in [2.24, 2.45) is 0 Å². The molecule has 1 unspecified atom stereocenters. The standard InChI is InChI=1S/C24H34O/c1-4-6-7-8-9-10-14-20-15-11-12-16-22(20)24-21(19(3)5-2)17-13-18-23(24)25/h11-13,15-19,25H,4-10,14H2,1-3H3. The minimum Gasteiger partial charge on any atom is -0.507 e. The van der Waals surface area contributed by atoms with Crippen molar-refractivity contribution >= 4 is 0 Å². The van der Waals surface area contributed by atoms with Gasteiger partial charge in [-0.15, -0.1) is 0 Å². The molecule has 25 heavy (non-hydrogen) atoms. The monoisotopic (exact) mass is 338 g/mol. The molecule has 0 aliphatic carbocycles. The number of phenols is 1. The number of aryl methyl sites for hydroxylation is 1. The number of unbranched alkanes of at least 4 members (excludes halogenated alkanes) is 5. The molecular formula is C24H34O. The van der Waals surface area contributed by atoms with E-state index in [0.717, 1.165) is 18.4 Å². The Morgan fingerprint density at radius 2 is 1.56 bits per heavy atom. The predicted octanol–water partition coefficient (Wildman–Crippen LogP) is 7.48. The van der Waals surface area contributed by atoms with E-state index in [0.29, 0.717) is 11.7 Å². The molecule has 2 aromatic rings. The second-order valence-corrected chi connectivity index (χ2v) is 7.23. The first-order valence-corrected chi connectivity index (χ1v) is 10.1. The van der Waals surface area contributed by atoms with Crippen LogP contribution >= 0.6 is 0 Å². The molecular weight excluding hydrogens is 304 g/mol. The number of rotatable bonds is 10. The minimum absolute atomic E-state index is 0.410. The summed E-state index contributed by atoms with van der Waals surface area (Å²) in [5, 5.41) is 10.6. The van der Waals surface area contributed by atoms with Gasteiger partial charge in [0.2, 0.25) is 0 Å². The number of hydrogen-bond donors (Lipinski definition) is 1. The fourth-order valence-electron chi connectivity index (χ4n) is 3.56. The predicted molar refractivity (Wildman–Crippen MR) is 109 cm³/mol. The van der Waals surface area contributed by atoms with Gasteiger partial charge in [-0.2, -0.15) is 0 Å². The van der Waals surface area contributed by atoms with Crippen molar-refractivity contribution in [3.63, 3.8) is 0 Å². The topological polar surface area (TPSA) is 20.2 Å². The molecule has 1 N–H and O–H groups in total. The molecule has 0 aliphatic rings. The van der Waals surface area contributed by atoms with Crippen LogP contribution in [-0.4, -0.2) is 5.11 Å². The van der Waals surface area contributed by atoms with Crippen molar-refractivity contribution in [3.8, 4) is 16.9 Å². The average Bonchev–Trinajstić information content (AvgIpc) is 2.64. The molecule has 136 valence electrons. The maximum absolute atomic E-state index is 10.6. The zero-order chi connectivity index (χ0) is 18.1. The normalized spacial score (nSPS) is 12.3. The van der Waals surface area contributed by atoms with Crippen molar-refractivity contribution < 1.29 is 5.11 Å². The summed E-state index contributed by atoms with van der Waals surface area (Å²) in [6, 6.07) is 14.6. The van der Waals surface area contributed by atoms with Gasteiger partial charge in [-0.1, -0.05) is 89.3 Å². The Labute approximate surface area is 154 Å². The lowest BCUT2D eigenvalue weighted by Crippen LogP contribution is -1.98. The molecule has 0 radical (unpaired) electrons. The Morgan fingerprint density at radius 3 is 2.32 bits per heavy atom. The maximum atomic E-state index is 10.6. The second-order valence-electron chi connectivity index (χ2n) is 7.23. The number of aromatic hydroxyl groups is 1. The van der Waals surface area contributed by atoms with Gasteiger partial charge in [0.05, 0.1) is 0 Å². The van der Waals surface area contributed by atoms with E-state index in [4.69, 9.17) is 0 Å². The van der Waals surface area contributed by atoms with Crippen LogP contribution in [0.15, 0.2) is 42.5 Å². The molecule has 1 heteroatoms. The van der Waals surface area contributed by atoms with Gasteiger partial charge in [0, 0.05) is 5.56 Å². The number of hydrogen-bond acceptors (Lipinski definition) is 1. The molecule has 0 amide bonds. The van der Waals surface area contributed by atoms with E-state index in [2.05, 4.69) is 51.1 Å². The van der Waals surface area contributed by atoms with Gasteiger partial charge in [0.1, 0.15) is 5.75 Å². The first-order chi connectivity index (χ1) is 12.2. The van der Waals surface area contributed by atoms with Gasteiger partial charge in [-0.25, -0.2) is 0 Å². The SMILES string of the molecule is CCCCCCCCc1ccccc1-c1c(O)cccc1C(C)CC. The third-order valence-corrected chi connectivity index (χ3v) is 5.30. The smallest absolute Gasteiger partial charge is 0.123 e. The lowest BCUT2D eigenvalue weighted by Gasteiger charge is -2.19. The van der Waals surface area contributed by atoms with E-state index in [1.54, 1.807) is 0 Å². The molecule has 0 fully saturated rings. The highest BCUT2D eigenvalue weighted by molar-refractivity contribution is 5.77. The summed E-state index contributed by atoms with van der Waals surface area (Å²) in [7, 11) is 0. The van der Waals surface area contributed by atoms with Crippen molar-refractivity contribution in [3.05, 3.63) is 53.6 Å². The lowest BCUT2D eigenvalue weighted by molar-refractivity contribution is 0.476. The van der Waals surface area contributed by atoms with E-state index < -0.39 is 0 Å². The molecule has 0 bridgehead atoms. The average molecular weight is 339 g/mol. The van der Waals surface area contributed by atoms with Crippen LogP contribution in [0.5, 0.6) is 5.75 Å². The Kier molecular flexibility index (Phi) is 8.04. The molecule has 1 atom stereocenters. The highest BCUT2D eigenvalue weighted by Gasteiger charge is 2.16. The van der Waals surface area contributed by atoms with E-state index in [-0.39, 0.29) is 0 Å². The van der Waals surface area contributed by atoms with Crippen LogP contribution < -0.4 is 0 Å². The molecule has 2 rings (SSSR count). The largest absolute Gasteiger partial charge is 0.507 e. The van der Waals surface area contributed by atoms with Crippen LogP contribution in [0.2, 0.25) is 0 Å². The summed E-state index contributed by atoms with van der Waals surface area (Å²) < 4.78 is 0. The second kappa shape index (κ2) is 10.3. The van der Waals surface area contributed by atoms with Crippen LogP contribution in [0.1, 0.15) is 82.8 Å². The summed E-state index contributed by atoms with van der Waals surface area (Å²) in [5.74, 6) is 0.859. The van der Waals surface area contributed by atoms with E-state index in [1.807, 2.05) is 12.1 Å². The molecule has 0 spiro atoms. The van der Waals surface area contributed by atoms with Crippen molar-refractivity contribution in [2.75, 3.05) is 0 Å². The van der Waals surface area contributed by atoms with Crippen LogP contribution in [0, 0.1) is 0 Å². The molecule has 0 heterocycles. The van der Waals surface area contributed by atoms with Gasteiger partial charge < -0.3 is 5.11 Å². The van der Waals surface area contributed by atoms with Gasteiger partial charge in [0.15, 0.2) is 0 Å². The van der Waals surface area contributed by atoms with Crippen molar-refractivity contribution in [2.45, 2.75) is 78.1 Å². The number of benzene rings is 2. The first kappa shape index (κ1) is 19.6. The van der Waals surface area contributed by atoms with Gasteiger partial charge >= 0.3 is 0 Å². The quantitative estimate of drug-likeness (QED) is 0.445. The highest BCUT2D eigenvalue weighted by Crippen LogP contribution is 2.39. The summed E-state index contributed by atoms with van der Waals surface area (Å²) in [4.78, 5) is 0. The van der Waals surface area contributed by atoms with Gasteiger partial charge in [-0.05, 0) is 47.9 Å². The molecule has 0 aliphatic heterocycles. The zero-order valence-corrected chi connectivity index (χ0v) is 16.2. The van der Waals surface area contributed by atoms with Crippen molar-refractivity contribution in [1.29, 1.82) is 0 Å². The Hall–Kier alpha value is -1.76. The summed E-state index contributed by atoms with van der Waals surface area (Å²) in [6.07, 6.45) is 10.1. The van der Waals surface area contributed by atoms with Crippen LogP contribution in [0.4, 0.5) is 0 Å². The van der Waals surface area contributed by atoms with Crippen molar-refractivity contribution in [1.82, 2.24) is 0 Å². The molecule has 0 saturated heterocycles. The Bertz CT molecular complexity index is 644. The fourth-order valence-corrected chi connectivity index (χ4v) is 3.56. The third-order valence-electron chi connectivity index (χ3n) is 5.30. The third kappa shape index (κ3) is 5.36. The van der Waals surface area contributed by atoms with E-state index in [9.17, 15) is 5.11 Å². The van der Waals surface area contributed by atoms with Crippen LogP contribution in [0.25, 0.3) is 11.1 Å². The summed E-state index contributed by atoms with van der Waals surface area (Å²) in [5.41, 5.74) is 4.88. The Balaban J connectivity index is 2.20. The minimum atomic E-state index is 0.410. The lowest BCUT2D eigenvalue weighted by atomic mass is 9.86. The molecule has 2 aromatic carbocycles.